The molecule has 0 aliphatic carbocycles. The van der Waals surface area contributed by atoms with Crippen LogP contribution in [0.1, 0.15) is 18.9 Å². The monoisotopic (exact) mass is 202 g/mol. The summed E-state index contributed by atoms with van der Waals surface area (Å²) in [6, 6.07) is 9.76. The lowest BCUT2D eigenvalue weighted by Crippen LogP contribution is -2.29. The zero-order chi connectivity index (χ0) is 11.3. The van der Waals surface area contributed by atoms with E-state index in [1.807, 2.05) is 37.3 Å². The zero-order valence-corrected chi connectivity index (χ0v) is 9.03. The van der Waals surface area contributed by atoms with E-state index in [0.29, 0.717) is 13.0 Å². The molecule has 0 atom stereocenters. The number of rotatable bonds is 3. The van der Waals surface area contributed by atoms with E-state index in [1.165, 1.54) is 6.92 Å². The summed E-state index contributed by atoms with van der Waals surface area (Å²) in [5, 5.41) is 8.51. The van der Waals surface area contributed by atoms with E-state index in [4.69, 9.17) is 5.26 Å². The van der Waals surface area contributed by atoms with Gasteiger partial charge in [0.25, 0.3) is 0 Å². The van der Waals surface area contributed by atoms with E-state index in [9.17, 15) is 4.79 Å². The summed E-state index contributed by atoms with van der Waals surface area (Å²) < 4.78 is 0. The molecular formula is C12H14N2O. The van der Waals surface area contributed by atoms with Crippen molar-refractivity contribution in [2.75, 3.05) is 11.4 Å². The van der Waals surface area contributed by atoms with Crippen molar-refractivity contribution >= 4 is 11.6 Å². The van der Waals surface area contributed by atoms with Gasteiger partial charge in [-0.2, -0.15) is 5.26 Å². The first-order chi connectivity index (χ1) is 7.15. The van der Waals surface area contributed by atoms with E-state index in [1.54, 1.807) is 4.90 Å². The van der Waals surface area contributed by atoms with Crippen LogP contribution in [0.2, 0.25) is 0 Å². The molecule has 1 amide bonds. The summed E-state index contributed by atoms with van der Waals surface area (Å²) in [7, 11) is 0. The van der Waals surface area contributed by atoms with Crippen LogP contribution in [0, 0.1) is 18.3 Å². The Morgan fingerprint density at radius 3 is 2.80 bits per heavy atom. The Morgan fingerprint density at radius 1 is 1.53 bits per heavy atom. The molecule has 0 aromatic heterocycles. The number of aryl methyl sites for hydroxylation is 1. The van der Waals surface area contributed by atoms with Crippen LogP contribution < -0.4 is 4.90 Å². The number of nitriles is 1. The Bertz CT molecular complexity index is 393. The number of carbonyl (C=O) groups is 1. The van der Waals surface area contributed by atoms with Crippen molar-refractivity contribution in [2.45, 2.75) is 20.3 Å². The first kappa shape index (κ1) is 11.3. The fourth-order valence-corrected chi connectivity index (χ4v) is 1.43. The highest BCUT2D eigenvalue weighted by Crippen LogP contribution is 2.16. The van der Waals surface area contributed by atoms with E-state index in [2.05, 4.69) is 0 Å². The Morgan fingerprint density at radius 2 is 2.27 bits per heavy atom. The minimum Gasteiger partial charge on any atom is -0.312 e. The van der Waals surface area contributed by atoms with E-state index >= 15 is 0 Å². The van der Waals surface area contributed by atoms with Crippen LogP contribution in [-0.2, 0) is 4.79 Å². The van der Waals surface area contributed by atoms with Gasteiger partial charge in [0.15, 0.2) is 0 Å². The number of anilines is 1. The van der Waals surface area contributed by atoms with Crippen molar-refractivity contribution < 1.29 is 4.79 Å². The van der Waals surface area contributed by atoms with Crippen molar-refractivity contribution in [1.29, 1.82) is 5.26 Å². The van der Waals surface area contributed by atoms with Gasteiger partial charge < -0.3 is 4.90 Å². The van der Waals surface area contributed by atoms with Crippen LogP contribution in [0.4, 0.5) is 5.69 Å². The van der Waals surface area contributed by atoms with Crippen molar-refractivity contribution in [3.63, 3.8) is 0 Å². The molecule has 0 radical (unpaired) electrons. The summed E-state index contributed by atoms with van der Waals surface area (Å²) >= 11 is 0. The predicted octanol–water partition coefficient (Wildman–Crippen LogP) is 2.26. The Hall–Kier alpha value is -1.82. The predicted molar refractivity (Wildman–Crippen MR) is 59.4 cm³/mol. The van der Waals surface area contributed by atoms with Gasteiger partial charge in [0.05, 0.1) is 12.5 Å². The summed E-state index contributed by atoms with van der Waals surface area (Å²) in [6.07, 6.45) is 0.355. The molecule has 1 aromatic carbocycles. The van der Waals surface area contributed by atoms with Gasteiger partial charge in [-0.3, -0.25) is 4.79 Å². The number of hydrogen-bond acceptors (Lipinski definition) is 2. The lowest BCUT2D eigenvalue weighted by molar-refractivity contribution is -0.116. The summed E-state index contributed by atoms with van der Waals surface area (Å²) in [5.41, 5.74) is 1.97. The fraction of sp³-hybridized carbons (Fsp3) is 0.333. The van der Waals surface area contributed by atoms with Crippen LogP contribution in [0.3, 0.4) is 0 Å². The SMILES string of the molecule is CC(=O)N(CCC#N)c1cccc(C)c1. The molecule has 0 saturated heterocycles. The largest absolute Gasteiger partial charge is 0.312 e. The van der Waals surface area contributed by atoms with Gasteiger partial charge in [0.1, 0.15) is 0 Å². The molecule has 0 spiro atoms. The van der Waals surface area contributed by atoms with Crippen LogP contribution in [-0.4, -0.2) is 12.5 Å². The first-order valence-electron chi connectivity index (χ1n) is 4.87. The summed E-state index contributed by atoms with van der Waals surface area (Å²) in [4.78, 5) is 13.0. The molecule has 1 aromatic rings. The van der Waals surface area contributed by atoms with Gasteiger partial charge in [-0.25, -0.2) is 0 Å². The molecule has 3 heteroatoms. The second-order valence-corrected chi connectivity index (χ2v) is 3.42. The first-order valence-corrected chi connectivity index (χ1v) is 4.87. The minimum atomic E-state index is -0.0316. The average Bonchev–Trinajstić information content (AvgIpc) is 2.18. The molecule has 0 saturated carbocycles. The number of carbonyl (C=O) groups excluding carboxylic acids is 1. The second-order valence-electron chi connectivity index (χ2n) is 3.42. The molecule has 0 aliphatic rings. The number of benzene rings is 1. The van der Waals surface area contributed by atoms with E-state index < -0.39 is 0 Å². The molecule has 0 N–H and O–H groups in total. The number of nitrogens with zero attached hydrogens (tertiary/aromatic N) is 2. The smallest absolute Gasteiger partial charge is 0.223 e. The van der Waals surface area contributed by atoms with Gasteiger partial charge in [0.2, 0.25) is 5.91 Å². The highest BCUT2D eigenvalue weighted by atomic mass is 16.2. The molecule has 0 heterocycles. The van der Waals surface area contributed by atoms with Crippen molar-refractivity contribution in [2.24, 2.45) is 0 Å². The maximum Gasteiger partial charge on any atom is 0.223 e. The van der Waals surface area contributed by atoms with Gasteiger partial charge in [-0.05, 0) is 24.6 Å². The standard InChI is InChI=1S/C12H14N2O/c1-10-5-3-6-12(9-10)14(11(2)15)8-4-7-13/h3,5-6,9H,4,8H2,1-2H3. The molecule has 0 fully saturated rings. The molecular weight excluding hydrogens is 188 g/mol. The van der Waals surface area contributed by atoms with Crippen molar-refractivity contribution in [3.05, 3.63) is 29.8 Å². The van der Waals surface area contributed by atoms with Gasteiger partial charge in [-0.1, -0.05) is 12.1 Å². The molecule has 0 aliphatic heterocycles. The number of hydrogen-bond donors (Lipinski definition) is 0. The molecule has 78 valence electrons. The summed E-state index contributed by atoms with van der Waals surface area (Å²) in [5.74, 6) is -0.0316. The quantitative estimate of drug-likeness (QED) is 0.754. The van der Waals surface area contributed by atoms with Crippen LogP contribution in [0.15, 0.2) is 24.3 Å². The highest BCUT2D eigenvalue weighted by molar-refractivity contribution is 5.91. The Labute approximate surface area is 89.9 Å². The molecule has 1 rings (SSSR count). The Kier molecular flexibility index (Phi) is 3.87. The third-order valence-electron chi connectivity index (χ3n) is 2.14. The van der Waals surface area contributed by atoms with E-state index in [0.717, 1.165) is 11.3 Å². The van der Waals surface area contributed by atoms with Gasteiger partial charge >= 0.3 is 0 Å². The topological polar surface area (TPSA) is 44.1 Å². The Balaban J connectivity index is 2.89. The molecule has 0 unspecified atom stereocenters. The average molecular weight is 202 g/mol. The molecule has 3 nitrogen and oxygen atoms in total. The van der Waals surface area contributed by atoms with Crippen LogP contribution in [0.25, 0.3) is 0 Å². The highest BCUT2D eigenvalue weighted by Gasteiger charge is 2.10. The lowest BCUT2D eigenvalue weighted by Gasteiger charge is -2.20. The minimum absolute atomic E-state index is 0.0316. The second kappa shape index (κ2) is 5.16. The summed E-state index contributed by atoms with van der Waals surface area (Å²) in [6.45, 7) is 3.95. The maximum absolute atomic E-state index is 11.4. The maximum atomic E-state index is 11.4. The van der Waals surface area contributed by atoms with Crippen molar-refractivity contribution in [3.8, 4) is 6.07 Å². The van der Waals surface area contributed by atoms with Crippen LogP contribution >= 0.6 is 0 Å². The van der Waals surface area contributed by atoms with E-state index in [-0.39, 0.29) is 5.91 Å². The fourth-order valence-electron chi connectivity index (χ4n) is 1.43. The van der Waals surface area contributed by atoms with Gasteiger partial charge in [-0.15, -0.1) is 0 Å². The lowest BCUT2D eigenvalue weighted by atomic mass is 10.2. The van der Waals surface area contributed by atoms with Crippen molar-refractivity contribution in [1.82, 2.24) is 0 Å². The third kappa shape index (κ3) is 3.10. The van der Waals surface area contributed by atoms with Gasteiger partial charge in [0, 0.05) is 19.2 Å². The molecule has 15 heavy (non-hydrogen) atoms. The number of amides is 1. The van der Waals surface area contributed by atoms with Crippen LogP contribution in [0.5, 0.6) is 0 Å². The normalized spacial score (nSPS) is 9.40. The molecule has 0 bridgehead atoms. The zero-order valence-electron chi connectivity index (χ0n) is 9.03. The third-order valence-corrected chi connectivity index (χ3v) is 2.14.